The van der Waals surface area contributed by atoms with E-state index in [9.17, 15) is 13.5 Å². The van der Waals surface area contributed by atoms with Gasteiger partial charge in [0.15, 0.2) is 5.15 Å². The van der Waals surface area contributed by atoms with Crippen LogP contribution in [0.5, 0.6) is 0 Å². The summed E-state index contributed by atoms with van der Waals surface area (Å²) < 4.78 is 32.5. The molecule has 0 atom stereocenters. The molecule has 0 saturated heterocycles. The molecule has 43 heavy (non-hydrogen) atoms. The predicted molar refractivity (Wildman–Crippen MR) is 165 cm³/mol. The van der Waals surface area contributed by atoms with Gasteiger partial charge in [-0.15, -0.1) is 0 Å². The topological polar surface area (TPSA) is 107 Å². The second kappa shape index (κ2) is 10.5. The second-order valence-electron chi connectivity index (χ2n) is 11.1. The third kappa shape index (κ3) is 5.19. The number of fused-ring (bicyclic) bond motifs is 2. The third-order valence-corrected chi connectivity index (χ3v) is 9.54. The lowest BCUT2D eigenvalue weighted by Gasteiger charge is -2.42. The molecule has 0 aliphatic heterocycles. The summed E-state index contributed by atoms with van der Waals surface area (Å²) in [5, 5.41) is 12.4. The van der Waals surface area contributed by atoms with Crippen LogP contribution < -0.4 is 0 Å². The van der Waals surface area contributed by atoms with E-state index in [1.54, 1.807) is 24.5 Å². The van der Waals surface area contributed by atoms with E-state index in [1.165, 1.54) is 12.1 Å². The molecule has 8 nitrogen and oxygen atoms in total. The summed E-state index contributed by atoms with van der Waals surface area (Å²) in [7, 11) is -3.99. The Labute approximate surface area is 253 Å². The SMILES string of the molecule is Cc1ccc(S(=O)(=O)OC[C@]2(O)C[C@H](c3nc(-c4ccc5ccc(-c6ccccc6)nc5c4)c4c(Cl)nccn43)C2)cc1. The molecule has 0 bridgehead atoms. The monoisotopic (exact) mass is 610 g/mol. The molecule has 10 heteroatoms. The first kappa shape index (κ1) is 27.7. The first-order valence-electron chi connectivity index (χ1n) is 13.9. The highest BCUT2D eigenvalue weighted by molar-refractivity contribution is 7.86. The highest BCUT2D eigenvalue weighted by Gasteiger charge is 2.46. The van der Waals surface area contributed by atoms with Crippen molar-refractivity contribution in [2.45, 2.75) is 36.2 Å². The Bertz CT molecular complexity index is 2090. The Kier molecular flexibility index (Phi) is 6.78. The van der Waals surface area contributed by atoms with Crippen molar-refractivity contribution in [3.05, 3.63) is 114 Å². The molecular weight excluding hydrogens is 584 g/mol. The first-order valence-corrected chi connectivity index (χ1v) is 15.7. The van der Waals surface area contributed by atoms with E-state index < -0.39 is 15.7 Å². The second-order valence-corrected chi connectivity index (χ2v) is 13.1. The van der Waals surface area contributed by atoms with E-state index in [0.717, 1.165) is 33.3 Å². The average Bonchev–Trinajstić information content (AvgIpc) is 3.39. The lowest BCUT2D eigenvalue weighted by atomic mass is 9.71. The van der Waals surface area contributed by atoms with Gasteiger partial charge in [0.2, 0.25) is 0 Å². The van der Waals surface area contributed by atoms with Gasteiger partial charge < -0.3 is 5.11 Å². The molecule has 0 spiro atoms. The number of hydrogen-bond donors (Lipinski definition) is 1. The zero-order chi connectivity index (χ0) is 29.8. The first-order chi connectivity index (χ1) is 20.7. The minimum atomic E-state index is -3.99. The summed E-state index contributed by atoms with van der Waals surface area (Å²) in [5.74, 6) is 0.574. The standard InChI is InChI=1S/C33H27ClN4O4S/c1-21-7-12-26(13-8-21)43(40,41)42-20-33(39)18-25(19-33)32-37-29(30-31(34)35-15-16-38(30)32)24-10-9-23-11-14-27(36-28(23)17-24)22-5-3-2-4-6-22/h2-17,25,39H,18-20H2,1H3/t25-,33-. The predicted octanol–water partition coefficient (Wildman–Crippen LogP) is 6.59. The van der Waals surface area contributed by atoms with Gasteiger partial charge >= 0.3 is 0 Å². The Morgan fingerprint density at radius 2 is 1.72 bits per heavy atom. The minimum Gasteiger partial charge on any atom is -0.387 e. The van der Waals surface area contributed by atoms with Crippen LogP contribution in [-0.4, -0.2) is 45.1 Å². The molecule has 1 aliphatic rings. The summed E-state index contributed by atoms with van der Waals surface area (Å²) in [6, 6.07) is 26.5. The maximum absolute atomic E-state index is 12.7. The average molecular weight is 611 g/mol. The lowest BCUT2D eigenvalue weighted by Crippen LogP contribution is -2.47. The van der Waals surface area contributed by atoms with E-state index in [2.05, 4.69) is 11.1 Å². The van der Waals surface area contributed by atoms with Gasteiger partial charge in [0.25, 0.3) is 10.1 Å². The number of hydrogen-bond acceptors (Lipinski definition) is 7. The highest BCUT2D eigenvalue weighted by atomic mass is 35.5. The van der Waals surface area contributed by atoms with Gasteiger partial charge in [0, 0.05) is 34.8 Å². The summed E-state index contributed by atoms with van der Waals surface area (Å²) >= 11 is 6.62. The molecule has 3 aromatic carbocycles. The highest BCUT2D eigenvalue weighted by Crippen LogP contribution is 2.46. The molecule has 0 amide bonds. The van der Waals surface area contributed by atoms with Crippen molar-refractivity contribution in [3.63, 3.8) is 0 Å². The zero-order valence-electron chi connectivity index (χ0n) is 23.2. The summed E-state index contributed by atoms with van der Waals surface area (Å²) in [6.07, 6.45) is 3.99. The van der Waals surface area contributed by atoms with Gasteiger partial charge in [-0.3, -0.25) is 8.58 Å². The molecular formula is C33H27ClN4O4S. The summed E-state index contributed by atoms with van der Waals surface area (Å²) in [5.41, 5.74) is 4.54. The number of rotatable bonds is 7. The van der Waals surface area contributed by atoms with Crippen molar-refractivity contribution < 1.29 is 17.7 Å². The molecule has 1 N–H and O–H groups in total. The van der Waals surface area contributed by atoms with Gasteiger partial charge in [-0.05, 0) is 44.0 Å². The lowest BCUT2D eigenvalue weighted by molar-refractivity contribution is -0.0800. The number of pyridine rings is 1. The van der Waals surface area contributed by atoms with E-state index in [1.807, 2.05) is 65.9 Å². The van der Waals surface area contributed by atoms with Crippen LogP contribution in [-0.2, 0) is 14.3 Å². The number of nitrogens with zero attached hydrogens (tertiary/aromatic N) is 4. The largest absolute Gasteiger partial charge is 0.387 e. The molecule has 3 aromatic heterocycles. The number of imidazole rings is 1. The van der Waals surface area contributed by atoms with Crippen LogP contribution in [0.1, 0.15) is 30.1 Å². The number of aromatic nitrogens is 4. The molecule has 216 valence electrons. The summed E-state index contributed by atoms with van der Waals surface area (Å²) in [4.78, 5) is 14.3. The normalized spacial score (nSPS) is 18.6. The van der Waals surface area contributed by atoms with Crippen molar-refractivity contribution in [2.75, 3.05) is 6.61 Å². The van der Waals surface area contributed by atoms with Crippen molar-refractivity contribution in [1.82, 2.24) is 19.4 Å². The molecule has 1 fully saturated rings. The van der Waals surface area contributed by atoms with Crippen LogP contribution >= 0.6 is 11.6 Å². The van der Waals surface area contributed by atoms with Crippen molar-refractivity contribution in [1.29, 1.82) is 0 Å². The maximum atomic E-state index is 12.7. The molecule has 0 radical (unpaired) electrons. The minimum absolute atomic E-state index is 0.0596. The number of halogens is 1. The van der Waals surface area contributed by atoms with Crippen molar-refractivity contribution >= 4 is 38.1 Å². The van der Waals surface area contributed by atoms with Crippen molar-refractivity contribution in [2.24, 2.45) is 0 Å². The van der Waals surface area contributed by atoms with E-state index in [4.69, 9.17) is 25.8 Å². The summed E-state index contributed by atoms with van der Waals surface area (Å²) in [6.45, 7) is 1.54. The van der Waals surface area contributed by atoms with E-state index >= 15 is 0 Å². The van der Waals surface area contributed by atoms with Crippen LogP contribution in [0.3, 0.4) is 0 Å². The third-order valence-electron chi connectivity index (χ3n) is 7.98. The van der Waals surface area contributed by atoms with Gasteiger partial charge in [-0.1, -0.05) is 77.8 Å². The fourth-order valence-corrected chi connectivity index (χ4v) is 6.88. The molecule has 1 aliphatic carbocycles. The Morgan fingerprint density at radius 1 is 0.977 bits per heavy atom. The zero-order valence-corrected chi connectivity index (χ0v) is 24.8. The number of benzene rings is 3. The fraction of sp³-hybridized carbons (Fsp3) is 0.182. The van der Waals surface area contributed by atoms with Gasteiger partial charge in [0.1, 0.15) is 11.3 Å². The van der Waals surface area contributed by atoms with Crippen LogP contribution in [0.15, 0.2) is 102 Å². The Morgan fingerprint density at radius 3 is 2.49 bits per heavy atom. The van der Waals surface area contributed by atoms with Crippen LogP contribution in [0.2, 0.25) is 5.15 Å². The van der Waals surface area contributed by atoms with Gasteiger partial charge in [-0.25, -0.2) is 15.0 Å². The maximum Gasteiger partial charge on any atom is 0.297 e. The van der Waals surface area contributed by atoms with Crippen molar-refractivity contribution in [3.8, 4) is 22.5 Å². The molecule has 1 saturated carbocycles. The fourth-order valence-electron chi connectivity index (χ4n) is 5.67. The van der Waals surface area contributed by atoms with Crippen LogP contribution in [0, 0.1) is 6.92 Å². The molecule has 6 aromatic rings. The molecule has 0 unspecified atom stereocenters. The van der Waals surface area contributed by atoms with E-state index in [0.29, 0.717) is 22.2 Å². The number of aryl methyl sites for hydroxylation is 1. The van der Waals surface area contributed by atoms with E-state index in [-0.39, 0.29) is 30.3 Å². The quantitative estimate of drug-likeness (QED) is 0.203. The van der Waals surface area contributed by atoms with Gasteiger partial charge in [-0.2, -0.15) is 8.42 Å². The Hall–Kier alpha value is -4.15. The van der Waals surface area contributed by atoms with Crippen LogP contribution in [0.25, 0.3) is 38.9 Å². The number of aliphatic hydroxyl groups is 1. The molecule has 3 heterocycles. The smallest absolute Gasteiger partial charge is 0.297 e. The Balaban J connectivity index is 1.17. The van der Waals surface area contributed by atoms with Crippen LogP contribution in [0.4, 0.5) is 0 Å². The van der Waals surface area contributed by atoms with Gasteiger partial charge in [0.05, 0.1) is 34.0 Å². The molecule has 7 rings (SSSR count).